The Hall–Kier alpha value is -2.93. The van der Waals surface area contributed by atoms with Gasteiger partial charge in [0.25, 0.3) is 11.5 Å². The zero-order valence-corrected chi connectivity index (χ0v) is 16.3. The number of aromatic nitrogens is 2. The van der Waals surface area contributed by atoms with E-state index >= 15 is 0 Å². The molecular formula is C20H18BrN3O3. The first-order chi connectivity index (χ1) is 13.0. The van der Waals surface area contributed by atoms with Gasteiger partial charge in [0.1, 0.15) is 18.1 Å². The molecule has 0 unspecified atom stereocenters. The van der Waals surface area contributed by atoms with E-state index in [1.807, 2.05) is 49.4 Å². The fourth-order valence-electron chi connectivity index (χ4n) is 2.45. The van der Waals surface area contributed by atoms with Crippen LogP contribution < -0.4 is 15.6 Å². The van der Waals surface area contributed by atoms with E-state index in [2.05, 4.69) is 26.3 Å². The van der Waals surface area contributed by atoms with Gasteiger partial charge in [-0.3, -0.25) is 9.59 Å². The van der Waals surface area contributed by atoms with Crippen LogP contribution in [-0.2, 0) is 6.54 Å². The molecule has 0 aliphatic carbocycles. The smallest absolute Gasteiger partial charge is 0.276 e. The number of carbonyl (C=O) groups excluding carboxylic acids is 1. The second-order valence-electron chi connectivity index (χ2n) is 5.85. The average Bonchev–Trinajstić information content (AvgIpc) is 2.66. The van der Waals surface area contributed by atoms with Crippen LogP contribution in [0.5, 0.6) is 5.75 Å². The number of amides is 1. The Morgan fingerprint density at radius 3 is 2.67 bits per heavy atom. The van der Waals surface area contributed by atoms with Crippen LogP contribution in [0, 0.1) is 6.92 Å². The number of hydrogen-bond acceptors (Lipinski definition) is 4. The number of aryl methyl sites for hydroxylation is 1. The van der Waals surface area contributed by atoms with E-state index in [4.69, 9.17) is 4.74 Å². The van der Waals surface area contributed by atoms with Crippen LogP contribution >= 0.6 is 15.9 Å². The third-order valence-corrected chi connectivity index (χ3v) is 4.34. The van der Waals surface area contributed by atoms with E-state index in [1.54, 1.807) is 6.07 Å². The van der Waals surface area contributed by atoms with Crippen LogP contribution in [0.15, 0.2) is 69.9 Å². The fourth-order valence-corrected chi connectivity index (χ4v) is 2.93. The van der Waals surface area contributed by atoms with Crippen LogP contribution in [0.25, 0.3) is 0 Å². The summed E-state index contributed by atoms with van der Waals surface area (Å²) in [5.41, 5.74) is 1.48. The first kappa shape index (κ1) is 18.8. The van der Waals surface area contributed by atoms with Gasteiger partial charge in [0.15, 0.2) is 0 Å². The summed E-state index contributed by atoms with van der Waals surface area (Å²) in [4.78, 5) is 24.5. The lowest BCUT2D eigenvalue weighted by molar-refractivity contribution is 0.101. The summed E-state index contributed by atoms with van der Waals surface area (Å²) in [6.07, 6.45) is 0. The molecule has 6 nitrogen and oxygen atoms in total. The molecule has 3 aromatic rings. The van der Waals surface area contributed by atoms with Gasteiger partial charge in [-0.15, -0.1) is 0 Å². The highest BCUT2D eigenvalue weighted by Crippen LogP contribution is 2.20. The second-order valence-corrected chi connectivity index (χ2v) is 6.77. The Kier molecular flexibility index (Phi) is 6.03. The zero-order chi connectivity index (χ0) is 19.2. The number of anilines is 1. The largest absolute Gasteiger partial charge is 0.492 e. The van der Waals surface area contributed by atoms with Gasteiger partial charge in [0.2, 0.25) is 0 Å². The van der Waals surface area contributed by atoms with Crippen molar-refractivity contribution in [2.45, 2.75) is 13.5 Å². The maximum atomic E-state index is 12.5. The number of halogens is 1. The Labute approximate surface area is 164 Å². The molecule has 138 valence electrons. The summed E-state index contributed by atoms with van der Waals surface area (Å²) in [6.45, 7) is 2.41. The Morgan fingerprint density at radius 2 is 1.93 bits per heavy atom. The van der Waals surface area contributed by atoms with E-state index in [-0.39, 0.29) is 30.3 Å². The number of hydrogen-bond donors (Lipinski definition) is 1. The zero-order valence-electron chi connectivity index (χ0n) is 14.7. The van der Waals surface area contributed by atoms with Gasteiger partial charge in [0.05, 0.1) is 6.54 Å². The number of ether oxygens (including phenoxy) is 1. The molecule has 1 heterocycles. The molecule has 27 heavy (non-hydrogen) atoms. The van der Waals surface area contributed by atoms with Crippen LogP contribution in [0.1, 0.15) is 16.1 Å². The predicted molar refractivity (Wildman–Crippen MR) is 107 cm³/mol. The monoisotopic (exact) mass is 427 g/mol. The van der Waals surface area contributed by atoms with Crippen LogP contribution in [-0.4, -0.2) is 22.3 Å². The van der Waals surface area contributed by atoms with Gasteiger partial charge in [-0.1, -0.05) is 34.1 Å². The third-order valence-electron chi connectivity index (χ3n) is 3.85. The molecule has 0 spiro atoms. The molecule has 0 bridgehead atoms. The van der Waals surface area contributed by atoms with Gasteiger partial charge in [0, 0.05) is 16.2 Å². The van der Waals surface area contributed by atoms with Gasteiger partial charge >= 0.3 is 0 Å². The molecule has 1 N–H and O–H groups in total. The number of nitrogens with zero attached hydrogens (tertiary/aromatic N) is 2. The maximum absolute atomic E-state index is 12.5. The van der Waals surface area contributed by atoms with Gasteiger partial charge < -0.3 is 10.1 Å². The summed E-state index contributed by atoms with van der Waals surface area (Å²) in [5, 5.41) is 6.96. The van der Waals surface area contributed by atoms with Crippen molar-refractivity contribution in [2.75, 3.05) is 11.9 Å². The van der Waals surface area contributed by atoms with E-state index in [9.17, 15) is 9.59 Å². The van der Waals surface area contributed by atoms with Crippen molar-refractivity contribution in [3.8, 4) is 5.75 Å². The van der Waals surface area contributed by atoms with Crippen molar-refractivity contribution in [3.63, 3.8) is 0 Å². The molecule has 1 aromatic heterocycles. The Balaban J connectivity index is 1.68. The number of rotatable bonds is 6. The highest BCUT2D eigenvalue weighted by atomic mass is 79.9. The van der Waals surface area contributed by atoms with Crippen molar-refractivity contribution >= 4 is 27.5 Å². The standard InChI is InChI=1S/C20H18BrN3O3/c1-14-13-15(21)7-8-17(14)22-20(26)18-9-10-19(25)24(23-18)11-12-27-16-5-3-2-4-6-16/h2-10,13H,11-12H2,1H3,(H,22,26). The van der Waals surface area contributed by atoms with Crippen LogP contribution in [0.3, 0.4) is 0 Å². The number of nitrogens with one attached hydrogen (secondary N) is 1. The Bertz CT molecular complexity index is 1000. The van der Waals surface area contributed by atoms with Crippen molar-refractivity contribution in [1.82, 2.24) is 9.78 Å². The molecule has 0 radical (unpaired) electrons. The molecule has 3 rings (SSSR count). The lowest BCUT2D eigenvalue weighted by atomic mass is 10.2. The molecule has 0 saturated carbocycles. The molecular weight excluding hydrogens is 410 g/mol. The minimum absolute atomic E-state index is 0.164. The van der Waals surface area contributed by atoms with E-state index in [0.717, 1.165) is 10.0 Å². The minimum atomic E-state index is -0.377. The molecule has 1 amide bonds. The summed E-state index contributed by atoms with van der Waals surface area (Å²) >= 11 is 3.39. The quantitative estimate of drug-likeness (QED) is 0.651. The predicted octanol–water partition coefficient (Wildman–Crippen LogP) is 3.65. The first-order valence-corrected chi connectivity index (χ1v) is 9.16. The minimum Gasteiger partial charge on any atom is -0.492 e. The normalized spacial score (nSPS) is 10.4. The lowest BCUT2D eigenvalue weighted by Crippen LogP contribution is -2.28. The summed E-state index contributed by atoms with van der Waals surface area (Å²) in [5.74, 6) is 0.336. The van der Waals surface area contributed by atoms with Crippen LogP contribution in [0.4, 0.5) is 5.69 Å². The SMILES string of the molecule is Cc1cc(Br)ccc1NC(=O)c1ccc(=O)n(CCOc2ccccc2)n1. The third kappa shape index (κ3) is 5.04. The topological polar surface area (TPSA) is 73.2 Å². The molecule has 0 saturated heterocycles. The molecule has 7 heteroatoms. The van der Waals surface area contributed by atoms with E-state index in [0.29, 0.717) is 11.4 Å². The molecule has 0 atom stereocenters. The Morgan fingerprint density at radius 1 is 1.15 bits per heavy atom. The summed E-state index contributed by atoms with van der Waals surface area (Å²) in [6, 6.07) is 17.6. The molecule has 0 aliphatic heterocycles. The van der Waals surface area contributed by atoms with Crippen LogP contribution in [0.2, 0.25) is 0 Å². The number of para-hydroxylation sites is 1. The van der Waals surface area contributed by atoms with Gasteiger partial charge in [-0.05, 0) is 48.9 Å². The van der Waals surface area contributed by atoms with Gasteiger partial charge in [-0.25, -0.2) is 4.68 Å². The fraction of sp³-hybridized carbons (Fsp3) is 0.150. The lowest BCUT2D eigenvalue weighted by Gasteiger charge is -2.10. The molecule has 2 aromatic carbocycles. The molecule has 0 fully saturated rings. The van der Waals surface area contributed by atoms with Crippen molar-refractivity contribution in [2.24, 2.45) is 0 Å². The number of carbonyl (C=O) groups is 1. The van der Waals surface area contributed by atoms with E-state index < -0.39 is 0 Å². The van der Waals surface area contributed by atoms with Crippen molar-refractivity contribution in [1.29, 1.82) is 0 Å². The van der Waals surface area contributed by atoms with Crippen molar-refractivity contribution in [3.05, 3.63) is 86.7 Å². The second kappa shape index (κ2) is 8.64. The number of benzene rings is 2. The van der Waals surface area contributed by atoms with E-state index in [1.165, 1.54) is 16.8 Å². The maximum Gasteiger partial charge on any atom is 0.276 e. The highest BCUT2D eigenvalue weighted by molar-refractivity contribution is 9.10. The average molecular weight is 428 g/mol. The highest BCUT2D eigenvalue weighted by Gasteiger charge is 2.11. The first-order valence-electron chi connectivity index (χ1n) is 8.36. The van der Waals surface area contributed by atoms with Crippen molar-refractivity contribution < 1.29 is 9.53 Å². The van der Waals surface area contributed by atoms with Gasteiger partial charge in [-0.2, -0.15) is 5.10 Å². The molecule has 0 aliphatic rings. The summed E-state index contributed by atoms with van der Waals surface area (Å²) in [7, 11) is 0. The summed E-state index contributed by atoms with van der Waals surface area (Å²) < 4.78 is 7.75.